The van der Waals surface area contributed by atoms with Crippen molar-refractivity contribution in [2.24, 2.45) is 0 Å². The van der Waals surface area contributed by atoms with Crippen LogP contribution in [0.4, 0.5) is 0 Å². The molecule has 1 N–H and O–H groups in total. The predicted molar refractivity (Wildman–Crippen MR) is 66.9 cm³/mol. The van der Waals surface area contributed by atoms with Crippen molar-refractivity contribution < 1.29 is 0 Å². The summed E-state index contributed by atoms with van der Waals surface area (Å²) in [6.07, 6.45) is 9.00. The van der Waals surface area contributed by atoms with E-state index in [1.807, 2.05) is 25.2 Å². The predicted octanol–water partition coefficient (Wildman–Crippen LogP) is 3.75. The van der Waals surface area contributed by atoms with Crippen molar-refractivity contribution in [3.63, 3.8) is 0 Å². The molecule has 0 saturated heterocycles. The molecular formula is C14H23N. The second kappa shape index (κ2) is 8.49. The molecule has 0 unspecified atom stereocenters. The molecule has 0 atom stereocenters. The van der Waals surface area contributed by atoms with E-state index in [4.69, 9.17) is 0 Å². The third kappa shape index (κ3) is 6.29. The van der Waals surface area contributed by atoms with Crippen LogP contribution in [0.2, 0.25) is 0 Å². The standard InChI is InChI=1S/C8H11N.C6H12/c1-9-7-8-5-3-2-4-6-8;1-2-4-6-5-3-1/h2-6,9H,7H2,1H3;1-6H2. The SMILES string of the molecule is C1CCCCC1.CNCc1ccccc1. The molecule has 1 aromatic carbocycles. The van der Waals surface area contributed by atoms with E-state index in [9.17, 15) is 0 Å². The fourth-order valence-corrected chi connectivity index (χ4v) is 1.86. The molecule has 0 heterocycles. The Morgan fingerprint density at radius 2 is 1.33 bits per heavy atom. The van der Waals surface area contributed by atoms with E-state index >= 15 is 0 Å². The van der Waals surface area contributed by atoms with Crippen LogP contribution in [0.1, 0.15) is 44.1 Å². The minimum Gasteiger partial charge on any atom is -0.316 e. The van der Waals surface area contributed by atoms with Gasteiger partial charge in [-0.25, -0.2) is 0 Å². The molecule has 0 spiro atoms. The topological polar surface area (TPSA) is 12.0 Å². The molecule has 0 amide bonds. The van der Waals surface area contributed by atoms with Crippen molar-refractivity contribution in [2.45, 2.75) is 45.1 Å². The molecule has 0 radical (unpaired) electrons. The second-order valence-electron chi connectivity index (χ2n) is 4.14. The van der Waals surface area contributed by atoms with Gasteiger partial charge in [-0.2, -0.15) is 0 Å². The third-order valence-corrected chi connectivity index (χ3v) is 2.72. The molecule has 1 saturated carbocycles. The van der Waals surface area contributed by atoms with E-state index in [-0.39, 0.29) is 0 Å². The van der Waals surface area contributed by atoms with Crippen LogP contribution in [0.3, 0.4) is 0 Å². The van der Waals surface area contributed by atoms with Crippen LogP contribution in [0, 0.1) is 0 Å². The lowest BCUT2D eigenvalue weighted by Crippen LogP contribution is -2.04. The highest BCUT2D eigenvalue weighted by Crippen LogP contribution is 2.15. The van der Waals surface area contributed by atoms with Gasteiger partial charge in [0.15, 0.2) is 0 Å². The summed E-state index contributed by atoms with van der Waals surface area (Å²) in [6.45, 7) is 0.959. The van der Waals surface area contributed by atoms with E-state index in [1.54, 1.807) is 0 Å². The highest BCUT2D eigenvalue weighted by molar-refractivity contribution is 5.13. The first-order chi connectivity index (χ1) is 7.43. The highest BCUT2D eigenvalue weighted by atomic mass is 14.8. The first-order valence-electron chi connectivity index (χ1n) is 6.12. The zero-order chi connectivity index (χ0) is 10.8. The van der Waals surface area contributed by atoms with E-state index in [0.29, 0.717) is 0 Å². The first kappa shape index (κ1) is 12.3. The van der Waals surface area contributed by atoms with E-state index < -0.39 is 0 Å². The monoisotopic (exact) mass is 205 g/mol. The first-order valence-corrected chi connectivity index (χ1v) is 6.12. The second-order valence-corrected chi connectivity index (χ2v) is 4.14. The molecule has 15 heavy (non-hydrogen) atoms. The van der Waals surface area contributed by atoms with Gasteiger partial charge < -0.3 is 5.32 Å². The van der Waals surface area contributed by atoms with E-state index in [1.165, 1.54) is 44.1 Å². The Balaban J connectivity index is 0.000000162. The molecule has 1 nitrogen and oxygen atoms in total. The molecule has 0 aromatic heterocycles. The zero-order valence-electron chi connectivity index (χ0n) is 9.84. The van der Waals surface area contributed by atoms with Crippen LogP contribution < -0.4 is 5.32 Å². The van der Waals surface area contributed by atoms with Crippen LogP contribution in [0.15, 0.2) is 30.3 Å². The third-order valence-electron chi connectivity index (χ3n) is 2.72. The Morgan fingerprint density at radius 3 is 1.73 bits per heavy atom. The Bertz CT molecular complexity index is 215. The maximum atomic E-state index is 3.08. The minimum atomic E-state index is 0.959. The molecule has 84 valence electrons. The van der Waals surface area contributed by atoms with Gasteiger partial charge in [0.1, 0.15) is 0 Å². The molecule has 1 fully saturated rings. The molecule has 1 aromatic rings. The minimum absolute atomic E-state index is 0.959. The Kier molecular flexibility index (Phi) is 6.93. The van der Waals surface area contributed by atoms with Gasteiger partial charge in [-0.15, -0.1) is 0 Å². The summed E-state index contributed by atoms with van der Waals surface area (Å²) in [5.74, 6) is 0. The number of benzene rings is 1. The van der Waals surface area contributed by atoms with Crippen LogP contribution in [0.25, 0.3) is 0 Å². The summed E-state index contributed by atoms with van der Waals surface area (Å²) in [5.41, 5.74) is 1.33. The Hall–Kier alpha value is -0.820. The highest BCUT2D eigenvalue weighted by Gasteiger charge is 1.95. The zero-order valence-corrected chi connectivity index (χ0v) is 9.84. The van der Waals surface area contributed by atoms with Crippen molar-refractivity contribution in [1.29, 1.82) is 0 Å². The van der Waals surface area contributed by atoms with Crippen LogP contribution >= 0.6 is 0 Å². The van der Waals surface area contributed by atoms with Gasteiger partial charge in [-0.05, 0) is 12.6 Å². The van der Waals surface area contributed by atoms with Crippen molar-refractivity contribution in [1.82, 2.24) is 5.32 Å². The number of rotatable bonds is 2. The van der Waals surface area contributed by atoms with Gasteiger partial charge in [0.2, 0.25) is 0 Å². The summed E-state index contributed by atoms with van der Waals surface area (Å²) >= 11 is 0. The largest absolute Gasteiger partial charge is 0.316 e. The summed E-state index contributed by atoms with van der Waals surface area (Å²) in [7, 11) is 1.95. The van der Waals surface area contributed by atoms with E-state index in [0.717, 1.165) is 6.54 Å². The molecule has 0 bridgehead atoms. The molecule has 1 heteroatoms. The maximum Gasteiger partial charge on any atom is 0.0202 e. The Labute approximate surface area is 93.9 Å². The average molecular weight is 205 g/mol. The summed E-state index contributed by atoms with van der Waals surface area (Å²) in [4.78, 5) is 0. The van der Waals surface area contributed by atoms with Gasteiger partial charge in [-0.1, -0.05) is 68.9 Å². The normalized spacial score (nSPS) is 15.3. The smallest absolute Gasteiger partial charge is 0.0202 e. The van der Waals surface area contributed by atoms with Crippen molar-refractivity contribution >= 4 is 0 Å². The van der Waals surface area contributed by atoms with Crippen LogP contribution in [-0.2, 0) is 6.54 Å². The van der Waals surface area contributed by atoms with E-state index in [2.05, 4.69) is 17.4 Å². The number of hydrogen-bond acceptors (Lipinski definition) is 1. The number of nitrogens with one attached hydrogen (secondary N) is 1. The summed E-state index contributed by atoms with van der Waals surface area (Å²) in [5, 5.41) is 3.08. The fourth-order valence-electron chi connectivity index (χ4n) is 1.86. The fraction of sp³-hybridized carbons (Fsp3) is 0.571. The van der Waals surface area contributed by atoms with Gasteiger partial charge in [0.05, 0.1) is 0 Å². The molecule has 0 aliphatic heterocycles. The Morgan fingerprint density at radius 1 is 0.867 bits per heavy atom. The lowest BCUT2D eigenvalue weighted by Gasteiger charge is -2.05. The van der Waals surface area contributed by atoms with Crippen LogP contribution in [-0.4, -0.2) is 7.05 Å². The summed E-state index contributed by atoms with van der Waals surface area (Å²) in [6, 6.07) is 10.3. The van der Waals surface area contributed by atoms with Crippen molar-refractivity contribution in [3.05, 3.63) is 35.9 Å². The summed E-state index contributed by atoms with van der Waals surface area (Å²) < 4.78 is 0. The maximum absolute atomic E-state index is 3.08. The lowest BCUT2D eigenvalue weighted by molar-refractivity contribution is 0.504. The number of hydrogen-bond donors (Lipinski definition) is 1. The lowest BCUT2D eigenvalue weighted by atomic mass is 10.0. The van der Waals surface area contributed by atoms with Gasteiger partial charge in [0.25, 0.3) is 0 Å². The molecule has 2 rings (SSSR count). The average Bonchev–Trinajstić information content (AvgIpc) is 2.34. The van der Waals surface area contributed by atoms with Crippen molar-refractivity contribution in [2.75, 3.05) is 7.05 Å². The van der Waals surface area contributed by atoms with Gasteiger partial charge >= 0.3 is 0 Å². The molecule has 1 aliphatic carbocycles. The van der Waals surface area contributed by atoms with Crippen molar-refractivity contribution in [3.8, 4) is 0 Å². The molecular weight excluding hydrogens is 182 g/mol. The van der Waals surface area contributed by atoms with Gasteiger partial charge in [-0.3, -0.25) is 0 Å². The van der Waals surface area contributed by atoms with Crippen LogP contribution in [0.5, 0.6) is 0 Å². The molecule has 1 aliphatic rings. The quantitative estimate of drug-likeness (QED) is 0.775. The van der Waals surface area contributed by atoms with Gasteiger partial charge in [0, 0.05) is 6.54 Å².